The van der Waals surface area contributed by atoms with E-state index in [9.17, 15) is 9.59 Å². The molecule has 5 nitrogen and oxygen atoms in total. The third-order valence-corrected chi connectivity index (χ3v) is 2.55. The maximum absolute atomic E-state index is 11.6. The summed E-state index contributed by atoms with van der Waals surface area (Å²) in [6, 6.07) is -0.965. The number of nitrogens with zero attached hydrogens (tertiary/aromatic N) is 1. The van der Waals surface area contributed by atoms with Gasteiger partial charge in [-0.3, -0.25) is 14.5 Å². The number of hydrogen-bond donors (Lipinski definition) is 2. The molecule has 0 aromatic rings. The molecule has 0 aliphatic carbocycles. The van der Waals surface area contributed by atoms with Gasteiger partial charge in [-0.25, -0.2) is 0 Å². The lowest BCUT2D eigenvalue weighted by Gasteiger charge is -2.19. The molecule has 0 aromatic carbocycles. The molecular formula is C9H16N2O3. The quantitative estimate of drug-likeness (QED) is 0.654. The molecule has 2 atom stereocenters. The first-order valence-electron chi connectivity index (χ1n) is 4.76. The van der Waals surface area contributed by atoms with E-state index in [2.05, 4.69) is 5.32 Å². The van der Waals surface area contributed by atoms with Crippen molar-refractivity contribution in [3.63, 3.8) is 0 Å². The third kappa shape index (κ3) is 2.45. The second kappa shape index (κ2) is 4.41. The number of carboxylic acids is 1. The van der Waals surface area contributed by atoms with Crippen molar-refractivity contribution in [1.82, 2.24) is 10.2 Å². The van der Waals surface area contributed by atoms with Crippen molar-refractivity contribution in [2.75, 3.05) is 13.6 Å². The Hall–Kier alpha value is -1.10. The summed E-state index contributed by atoms with van der Waals surface area (Å²) in [5.41, 5.74) is 0. The van der Waals surface area contributed by atoms with Gasteiger partial charge in [-0.15, -0.1) is 0 Å². The fourth-order valence-corrected chi connectivity index (χ4v) is 1.61. The van der Waals surface area contributed by atoms with Crippen molar-refractivity contribution >= 4 is 11.9 Å². The van der Waals surface area contributed by atoms with Crippen molar-refractivity contribution in [2.24, 2.45) is 0 Å². The van der Waals surface area contributed by atoms with Gasteiger partial charge in [-0.2, -0.15) is 0 Å². The van der Waals surface area contributed by atoms with Gasteiger partial charge >= 0.3 is 5.97 Å². The van der Waals surface area contributed by atoms with E-state index in [0.717, 1.165) is 19.4 Å². The Kier molecular flexibility index (Phi) is 3.46. The van der Waals surface area contributed by atoms with Crippen LogP contribution in [0.1, 0.15) is 19.8 Å². The molecule has 2 N–H and O–H groups in total. The van der Waals surface area contributed by atoms with Crippen molar-refractivity contribution in [3.8, 4) is 0 Å². The summed E-state index contributed by atoms with van der Waals surface area (Å²) in [5, 5.41) is 11.1. The smallest absolute Gasteiger partial charge is 0.325 e. The standard InChI is InChI=1S/C9H16N2O3/c1-6(9(13)14)10-8(12)7-4-3-5-11(7)2/h6-7H,3-5H2,1-2H3,(H,10,12)(H,13,14)/t6-,7?/m0/s1. The highest BCUT2D eigenvalue weighted by atomic mass is 16.4. The van der Waals surface area contributed by atoms with Crippen LogP contribution in [0.2, 0.25) is 0 Å². The average Bonchev–Trinajstić information content (AvgIpc) is 2.51. The highest BCUT2D eigenvalue weighted by Crippen LogP contribution is 2.14. The fraction of sp³-hybridized carbons (Fsp3) is 0.778. The predicted molar refractivity (Wildman–Crippen MR) is 50.9 cm³/mol. The van der Waals surface area contributed by atoms with Crippen LogP contribution < -0.4 is 5.32 Å². The molecule has 5 heteroatoms. The van der Waals surface area contributed by atoms with Gasteiger partial charge < -0.3 is 10.4 Å². The minimum atomic E-state index is -1.00. The number of carbonyl (C=O) groups is 2. The number of nitrogens with one attached hydrogen (secondary N) is 1. The highest BCUT2D eigenvalue weighted by Gasteiger charge is 2.29. The van der Waals surface area contributed by atoms with Crippen molar-refractivity contribution in [2.45, 2.75) is 31.8 Å². The van der Waals surface area contributed by atoms with Crippen LogP contribution in [0.4, 0.5) is 0 Å². The van der Waals surface area contributed by atoms with E-state index in [0.29, 0.717) is 0 Å². The first-order chi connectivity index (χ1) is 6.52. The maximum atomic E-state index is 11.6. The highest BCUT2D eigenvalue weighted by molar-refractivity contribution is 5.86. The lowest BCUT2D eigenvalue weighted by molar-refractivity contribution is -0.141. The zero-order chi connectivity index (χ0) is 10.7. The predicted octanol–water partition coefficient (Wildman–Crippen LogP) is -0.330. The Labute approximate surface area is 83.1 Å². The molecular weight excluding hydrogens is 184 g/mol. The molecule has 1 heterocycles. The Morgan fingerprint density at radius 3 is 2.64 bits per heavy atom. The van der Waals surface area contributed by atoms with Crippen molar-refractivity contribution < 1.29 is 14.7 Å². The summed E-state index contributed by atoms with van der Waals surface area (Å²) in [6.45, 7) is 2.37. The van der Waals surface area contributed by atoms with Crippen LogP contribution in [-0.4, -0.2) is 47.6 Å². The van der Waals surface area contributed by atoms with E-state index >= 15 is 0 Å². The molecule has 80 valence electrons. The maximum Gasteiger partial charge on any atom is 0.325 e. The van der Waals surface area contributed by atoms with E-state index in [1.165, 1.54) is 6.92 Å². The van der Waals surface area contributed by atoms with Crippen LogP contribution in [0, 0.1) is 0 Å². The van der Waals surface area contributed by atoms with Gasteiger partial charge in [0.15, 0.2) is 0 Å². The minimum absolute atomic E-state index is 0.156. The zero-order valence-corrected chi connectivity index (χ0v) is 8.49. The fourth-order valence-electron chi connectivity index (χ4n) is 1.61. The van der Waals surface area contributed by atoms with Gasteiger partial charge in [0.1, 0.15) is 6.04 Å². The first-order valence-corrected chi connectivity index (χ1v) is 4.76. The van der Waals surface area contributed by atoms with Gasteiger partial charge in [0.05, 0.1) is 6.04 Å². The molecule has 1 aliphatic rings. The number of carboxylic acid groups (broad SMARTS) is 1. The van der Waals surface area contributed by atoms with Gasteiger partial charge in [-0.05, 0) is 33.4 Å². The summed E-state index contributed by atoms with van der Waals surface area (Å²) in [4.78, 5) is 24.0. The van der Waals surface area contributed by atoms with Crippen LogP contribution in [-0.2, 0) is 9.59 Å². The number of hydrogen-bond acceptors (Lipinski definition) is 3. The number of likely N-dealkylation sites (tertiary alicyclic amines) is 1. The Bertz CT molecular complexity index is 242. The van der Waals surface area contributed by atoms with E-state index in [1.54, 1.807) is 0 Å². The van der Waals surface area contributed by atoms with Crippen LogP contribution in [0.5, 0.6) is 0 Å². The normalized spacial score (nSPS) is 24.6. The number of amides is 1. The van der Waals surface area contributed by atoms with Crippen molar-refractivity contribution in [3.05, 3.63) is 0 Å². The number of aliphatic carboxylic acids is 1. The molecule has 0 saturated carbocycles. The Morgan fingerprint density at radius 1 is 1.57 bits per heavy atom. The van der Waals surface area contributed by atoms with Gasteiger partial charge in [0.2, 0.25) is 5.91 Å². The molecule has 0 radical (unpaired) electrons. The summed E-state index contributed by atoms with van der Waals surface area (Å²) in [7, 11) is 1.88. The van der Waals surface area contributed by atoms with Gasteiger partial charge in [0, 0.05) is 0 Å². The molecule has 0 bridgehead atoms. The van der Waals surface area contributed by atoms with Crippen LogP contribution >= 0.6 is 0 Å². The number of carbonyl (C=O) groups excluding carboxylic acids is 1. The topological polar surface area (TPSA) is 69.6 Å². The molecule has 14 heavy (non-hydrogen) atoms. The minimum Gasteiger partial charge on any atom is -0.480 e. The molecule has 0 aromatic heterocycles. The number of rotatable bonds is 3. The zero-order valence-electron chi connectivity index (χ0n) is 8.49. The van der Waals surface area contributed by atoms with E-state index in [4.69, 9.17) is 5.11 Å². The average molecular weight is 200 g/mol. The molecule has 1 aliphatic heterocycles. The number of likely N-dealkylation sites (N-methyl/N-ethyl adjacent to an activating group) is 1. The lowest BCUT2D eigenvalue weighted by Crippen LogP contribution is -2.47. The van der Waals surface area contributed by atoms with E-state index in [-0.39, 0.29) is 11.9 Å². The van der Waals surface area contributed by atoms with Gasteiger partial charge in [0.25, 0.3) is 0 Å². The van der Waals surface area contributed by atoms with Crippen LogP contribution in [0.3, 0.4) is 0 Å². The Balaban J connectivity index is 2.45. The summed E-state index contributed by atoms with van der Waals surface area (Å²) in [5.74, 6) is -1.18. The monoisotopic (exact) mass is 200 g/mol. The summed E-state index contributed by atoms with van der Waals surface area (Å²) in [6.07, 6.45) is 1.81. The Morgan fingerprint density at radius 2 is 2.21 bits per heavy atom. The largest absolute Gasteiger partial charge is 0.480 e. The second-order valence-electron chi connectivity index (χ2n) is 3.71. The molecule has 1 amide bonds. The second-order valence-corrected chi connectivity index (χ2v) is 3.71. The summed E-state index contributed by atoms with van der Waals surface area (Å²) >= 11 is 0. The summed E-state index contributed by atoms with van der Waals surface area (Å²) < 4.78 is 0. The first kappa shape index (κ1) is 11.0. The SMILES string of the molecule is C[C@H](NC(=O)C1CCCN1C)C(=O)O. The van der Waals surface area contributed by atoms with E-state index < -0.39 is 12.0 Å². The lowest BCUT2D eigenvalue weighted by atomic mass is 10.2. The van der Waals surface area contributed by atoms with Crippen LogP contribution in [0.15, 0.2) is 0 Å². The third-order valence-electron chi connectivity index (χ3n) is 2.55. The van der Waals surface area contributed by atoms with Crippen LogP contribution in [0.25, 0.3) is 0 Å². The molecule has 1 fully saturated rings. The molecule has 1 unspecified atom stereocenters. The molecule has 0 spiro atoms. The van der Waals surface area contributed by atoms with Gasteiger partial charge in [-0.1, -0.05) is 0 Å². The van der Waals surface area contributed by atoms with Crippen molar-refractivity contribution in [1.29, 1.82) is 0 Å². The van der Waals surface area contributed by atoms with E-state index in [1.807, 2.05) is 11.9 Å². The molecule has 1 rings (SSSR count). The molecule has 1 saturated heterocycles.